The average Bonchev–Trinajstić information content (AvgIpc) is 2.67. The molecule has 116 valence electrons. The molecule has 0 saturated carbocycles. The Bertz CT molecular complexity index is 468. The van der Waals surface area contributed by atoms with Crippen LogP contribution in [0.15, 0.2) is 0 Å². The zero-order valence-electron chi connectivity index (χ0n) is 12.1. The minimum Gasteiger partial charge on any atom is -0.392 e. The molecule has 0 bridgehead atoms. The second-order valence-electron chi connectivity index (χ2n) is 5.52. The monoisotopic (exact) mass is 320 g/mol. The maximum absolute atomic E-state index is 12.6. The lowest BCUT2D eigenvalue weighted by Crippen LogP contribution is -2.51. The molecule has 1 fully saturated rings. The van der Waals surface area contributed by atoms with Gasteiger partial charge in [0.15, 0.2) is 9.84 Å². The molecule has 1 heterocycles. The summed E-state index contributed by atoms with van der Waals surface area (Å²) in [6.07, 6.45) is 3.27. The van der Waals surface area contributed by atoms with Crippen LogP contribution < -0.4 is 11.1 Å². The smallest absolute Gasteiger partial charge is 0.233 e. The summed E-state index contributed by atoms with van der Waals surface area (Å²) in [6, 6.07) is -0.310. The normalized spacial score (nSPS) is 21.6. The summed E-state index contributed by atoms with van der Waals surface area (Å²) in [5, 5.41) is 2.84. The van der Waals surface area contributed by atoms with Gasteiger partial charge in [-0.15, -0.1) is 0 Å². The molecule has 0 aromatic rings. The molecule has 1 saturated heterocycles. The minimum absolute atomic E-state index is 0.0183. The first kappa shape index (κ1) is 17.4. The quantitative estimate of drug-likeness (QED) is 0.687. The summed E-state index contributed by atoms with van der Waals surface area (Å²) in [6.45, 7) is 3.96. The standard InChI is InChI=1S/C13H24N2O3S2/c1-3-6-13(7-4-2,11(14)19)12(16)15-10-5-8-20(17,18)9-10/h10H,3-9H2,1-2H3,(H2,14,19)(H,15,16). The molecule has 1 amide bonds. The predicted molar refractivity (Wildman–Crippen MR) is 84.2 cm³/mol. The molecule has 20 heavy (non-hydrogen) atoms. The molecule has 1 rings (SSSR count). The molecular formula is C13H24N2O3S2. The van der Waals surface area contributed by atoms with Crippen molar-refractivity contribution in [1.82, 2.24) is 5.32 Å². The summed E-state index contributed by atoms with van der Waals surface area (Å²) in [7, 11) is -3.01. The van der Waals surface area contributed by atoms with E-state index in [1.54, 1.807) is 0 Å². The number of carbonyl (C=O) groups excluding carboxylic acids is 1. The zero-order valence-corrected chi connectivity index (χ0v) is 13.8. The highest BCUT2D eigenvalue weighted by Crippen LogP contribution is 2.31. The summed E-state index contributed by atoms with van der Waals surface area (Å²) in [5.74, 6) is -0.0555. The van der Waals surface area contributed by atoms with E-state index < -0.39 is 15.3 Å². The van der Waals surface area contributed by atoms with Crippen LogP contribution >= 0.6 is 12.2 Å². The molecule has 0 aliphatic carbocycles. The van der Waals surface area contributed by atoms with Gasteiger partial charge in [0.05, 0.1) is 21.9 Å². The largest absolute Gasteiger partial charge is 0.392 e. The minimum atomic E-state index is -3.01. The van der Waals surface area contributed by atoms with Gasteiger partial charge >= 0.3 is 0 Å². The Balaban J connectivity index is 2.85. The van der Waals surface area contributed by atoms with Crippen molar-refractivity contribution in [3.8, 4) is 0 Å². The van der Waals surface area contributed by atoms with Gasteiger partial charge in [-0.25, -0.2) is 8.42 Å². The van der Waals surface area contributed by atoms with E-state index in [0.29, 0.717) is 19.3 Å². The second-order valence-corrected chi connectivity index (χ2v) is 8.19. The first-order valence-corrected chi connectivity index (χ1v) is 9.31. The Morgan fingerprint density at radius 3 is 2.25 bits per heavy atom. The molecule has 3 N–H and O–H groups in total. The Morgan fingerprint density at radius 1 is 1.35 bits per heavy atom. The molecule has 1 aliphatic heterocycles. The third kappa shape index (κ3) is 3.91. The fraction of sp³-hybridized carbons (Fsp3) is 0.846. The Hall–Kier alpha value is -0.690. The van der Waals surface area contributed by atoms with Crippen LogP contribution in [0.25, 0.3) is 0 Å². The van der Waals surface area contributed by atoms with Crippen molar-refractivity contribution in [3.63, 3.8) is 0 Å². The average molecular weight is 320 g/mol. The predicted octanol–water partition coefficient (Wildman–Crippen LogP) is 1.16. The van der Waals surface area contributed by atoms with Gasteiger partial charge in [0.1, 0.15) is 0 Å². The highest BCUT2D eigenvalue weighted by molar-refractivity contribution is 7.91. The van der Waals surface area contributed by atoms with Gasteiger partial charge in [-0.05, 0) is 19.3 Å². The van der Waals surface area contributed by atoms with Gasteiger partial charge in [0, 0.05) is 6.04 Å². The molecule has 1 atom stereocenters. The van der Waals surface area contributed by atoms with Gasteiger partial charge in [-0.2, -0.15) is 0 Å². The Kier molecular flexibility index (Phi) is 5.94. The molecule has 7 heteroatoms. The maximum atomic E-state index is 12.6. The van der Waals surface area contributed by atoms with E-state index in [4.69, 9.17) is 18.0 Å². The van der Waals surface area contributed by atoms with E-state index in [0.717, 1.165) is 12.8 Å². The maximum Gasteiger partial charge on any atom is 0.233 e. The van der Waals surface area contributed by atoms with Crippen LogP contribution in [0.4, 0.5) is 0 Å². The van der Waals surface area contributed by atoms with Gasteiger partial charge in [0.25, 0.3) is 0 Å². The van der Waals surface area contributed by atoms with E-state index >= 15 is 0 Å². The number of nitrogens with two attached hydrogens (primary N) is 1. The van der Waals surface area contributed by atoms with Crippen molar-refractivity contribution in [3.05, 3.63) is 0 Å². The first-order valence-electron chi connectivity index (χ1n) is 7.08. The number of nitrogens with one attached hydrogen (secondary N) is 1. The molecule has 0 aromatic heterocycles. The van der Waals surface area contributed by atoms with Crippen molar-refractivity contribution in [2.24, 2.45) is 11.1 Å². The third-order valence-corrected chi connectivity index (χ3v) is 5.99. The van der Waals surface area contributed by atoms with E-state index in [-0.39, 0.29) is 28.4 Å². The van der Waals surface area contributed by atoms with Crippen LogP contribution in [0.2, 0.25) is 0 Å². The first-order chi connectivity index (χ1) is 9.27. The Labute approximate surface area is 126 Å². The molecule has 0 spiro atoms. The van der Waals surface area contributed by atoms with Gasteiger partial charge in [0.2, 0.25) is 5.91 Å². The van der Waals surface area contributed by atoms with Crippen LogP contribution in [-0.4, -0.2) is 36.9 Å². The van der Waals surface area contributed by atoms with E-state index in [2.05, 4.69) is 5.32 Å². The summed E-state index contributed by atoms with van der Waals surface area (Å²) >= 11 is 5.12. The number of hydrogen-bond donors (Lipinski definition) is 2. The lowest BCUT2D eigenvalue weighted by molar-refractivity contribution is -0.128. The lowest BCUT2D eigenvalue weighted by Gasteiger charge is -2.32. The van der Waals surface area contributed by atoms with Crippen molar-refractivity contribution in [2.45, 2.75) is 52.0 Å². The lowest BCUT2D eigenvalue weighted by atomic mass is 9.78. The molecular weight excluding hydrogens is 296 g/mol. The van der Waals surface area contributed by atoms with Crippen LogP contribution in [-0.2, 0) is 14.6 Å². The summed E-state index contributed by atoms with van der Waals surface area (Å²) in [5.41, 5.74) is 4.98. The fourth-order valence-corrected chi connectivity index (χ4v) is 4.77. The van der Waals surface area contributed by atoms with Crippen LogP contribution in [0, 0.1) is 5.41 Å². The molecule has 0 radical (unpaired) electrons. The number of thiocarbonyl (C=S) groups is 1. The van der Waals surface area contributed by atoms with Crippen molar-refractivity contribution >= 4 is 33.0 Å². The molecule has 0 aromatic carbocycles. The van der Waals surface area contributed by atoms with E-state index in [1.807, 2.05) is 13.8 Å². The van der Waals surface area contributed by atoms with Crippen LogP contribution in [0.3, 0.4) is 0 Å². The number of amides is 1. The molecule has 1 unspecified atom stereocenters. The fourth-order valence-electron chi connectivity index (χ4n) is 2.80. The third-order valence-electron chi connectivity index (χ3n) is 3.83. The van der Waals surface area contributed by atoms with Crippen molar-refractivity contribution in [1.29, 1.82) is 0 Å². The van der Waals surface area contributed by atoms with E-state index in [9.17, 15) is 13.2 Å². The highest BCUT2D eigenvalue weighted by Gasteiger charge is 2.41. The van der Waals surface area contributed by atoms with Gasteiger partial charge < -0.3 is 11.1 Å². The summed E-state index contributed by atoms with van der Waals surface area (Å²) in [4.78, 5) is 12.8. The van der Waals surface area contributed by atoms with Gasteiger partial charge in [-0.1, -0.05) is 38.9 Å². The van der Waals surface area contributed by atoms with Gasteiger partial charge in [-0.3, -0.25) is 4.79 Å². The molecule has 5 nitrogen and oxygen atoms in total. The SMILES string of the molecule is CCCC(CCC)(C(=O)NC1CCS(=O)(=O)C1)C(N)=S. The Morgan fingerprint density at radius 2 is 1.90 bits per heavy atom. The van der Waals surface area contributed by atoms with Crippen molar-refractivity contribution in [2.75, 3.05) is 11.5 Å². The number of sulfone groups is 1. The number of hydrogen-bond acceptors (Lipinski definition) is 4. The molecule has 1 aliphatic rings. The summed E-state index contributed by atoms with van der Waals surface area (Å²) < 4.78 is 22.9. The zero-order chi connectivity index (χ0) is 15.4. The van der Waals surface area contributed by atoms with Crippen LogP contribution in [0.1, 0.15) is 46.0 Å². The van der Waals surface area contributed by atoms with E-state index in [1.165, 1.54) is 0 Å². The number of rotatable bonds is 7. The highest BCUT2D eigenvalue weighted by atomic mass is 32.2. The van der Waals surface area contributed by atoms with Crippen molar-refractivity contribution < 1.29 is 13.2 Å². The second kappa shape index (κ2) is 6.85. The topological polar surface area (TPSA) is 89.3 Å². The number of carbonyl (C=O) groups is 1. The van der Waals surface area contributed by atoms with Crippen LogP contribution in [0.5, 0.6) is 0 Å².